The minimum atomic E-state index is -0.713. The Morgan fingerprint density at radius 3 is 2.31 bits per heavy atom. The molecular weight excluding hydrogens is 332 g/mol. The van der Waals surface area contributed by atoms with Crippen LogP contribution in [-0.2, 0) is 9.59 Å². The van der Waals surface area contributed by atoms with E-state index in [0.29, 0.717) is 17.2 Å². The number of methoxy groups -OCH3 is 2. The minimum Gasteiger partial charge on any atom is -0.497 e. The van der Waals surface area contributed by atoms with Crippen molar-refractivity contribution in [3.05, 3.63) is 53.1 Å². The molecule has 0 heterocycles. The summed E-state index contributed by atoms with van der Waals surface area (Å²) in [7, 11) is 3.11. The van der Waals surface area contributed by atoms with Gasteiger partial charge in [0.25, 0.3) is 0 Å². The molecule has 2 N–H and O–H groups in total. The molecule has 0 fully saturated rings. The van der Waals surface area contributed by atoms with E-state index in [1.807, 2.05) is 26.0 Å². The lowest BCUT2D eigenvalue weighted by atomic mass is 10.1. The molecule has 2 aromatic carbocycles. The van der Waals surface area contributed by atoms with Gasteiger partial charge in [-0.05, 0) is 44.5 Å². The van der Waals surface area contributed by atoms with Gasteiger partial charge in [0.2, 0.25) is 0 Å². The first-order valence-electron chi connectivity index (χ1n) is 8.26. The number of benzene rings is 2. The van der Waals surface area contributed by atoms with E-state index in [-0.39, 0.29) is 0 Å². The van der Waals surface area contributed by atoms with Gasteiger partial charge in [-0.3, -0.25) is 9.59 Å². The maximum absolute atomic E-state index is 12.2. The summed E-state index contributed by atoms with van der Waals surface area (Å²) < 4.78 is 10.5. The summed E-state index contributed by atoms with van der Waals surface area (Å²) in [6.45, 7) is 5.63. The molecule has 2 rings (SSSR count). The second-order valence-corrected chi connectivity index (χ2v) is 6.08. The number of rotatable bonds is 5. The number of aryl methyl sites for hydroxylation is 2. The highest BCUT2D eigenvalue weighted by molar-refractivity contribution is 6.39. The average Bonchev–Trinajstić information content (AvgIpc) is 2.63. The first-order chi connectivity index (χ1) is 12.3. The van der Waals surface area contributed by atoms with Crippen LogP contribution in [0.2, 0.25) is 0 Å². The van der Waals surface area contributed by atoms with Gasteiger partial charge in [-0.25, -0.2) is 0 Å². The molecule has 0 aliphatic carbocycles. The number of carbonyl (C=O) groups excluding carboxylic acids is 2. The second-order valence-electron chi connectivity index (χ2n) is 6.08. The number of nitrogens with one attached hydrogen (secondary N) is 2. The SMILES string of the molecule is COc1ccc([C@@H](C)NC(=O)C(=O)Nc2ccc(C)cc2C)c(OC)c1. The van der Waals surface area contributed by atoms with Crippen LogP contribution in [-0.4, -0.2) is 26.0 Å². The molecule has 0 spiro atoms. The Bertz CT molecular complexity index is 817. The molecule has 2 amide bonds. The van der Waals surface area contributed by atoms with Gasteiger partial charge in [0.05, 0.1) is 20.3 Å². The van der Waals surface area contributed by atoms with Crippen molar-refractivity contribution in [1.82, 2.24) is 5.32 Å². The van der Waals surface area contributed by atoms with Crippen LogP contribution in [0.25, 0.3) is 0 Å². The van der Waals surface area contributed by atoms with E-state index >= 15 is 0 Å². The Balaban J connectivity index is 2.07. The zero-order valence-electron chi connectivity index (χ0n) is 15.7. The summed E-state index contributed by atoms with van der Waals surface area (Å²) in [5.74, 6) is -0.199. The highest BCUT2D eigenvalue weighted by Gasteiger charge is 2.20. The van der Waals surface area contributed by atoms with Crippen molar-refractivity contribution in [2.24, 2.45) is 0 Å². The lowest BCUT2D eigenvalue weighted by Gasteiger charge is -2.18. The monoisotopic (exact) mass is 356 g/mol. The molecule has 0 unspecified atom stereocenters. The number of carbonyl (C=O) groups is 2. The first-order valence-corrected chi connectivity index (χ1v) is 8.26. The summed E-state index contributed by atoms with van der Waals surface area (Å²) >= 11 is 0. The van der Waals surface area contributed by atoms with Gasteiger partial charge in [-0.15, -0.1) is 0 Å². The van der Waals surface area contributed by atoms with Gasteiger partial charge >= 0.3 is 11.8 Å². The van der Waals surface area contributed by atoms with Crippen LogP contribution >= 0.6 is 0 Å². The predicted octanol–water partition coefficient (Wildman–Crippen LogP) is 3.14. The van der Waals surface area contributed by atoms with Crippen LogP contribution in [0.4, 0.5) is 5.69 Å². The highest BCUT2D eigenvalue weighted by Crippen LogP contribution is 2.29. The Morgan fingerprint density at radius 1 is 0.962 bits per heavy atom. The van der Waals surface area contributed by atoms with Crippen LogP contribution < -0.4 is 20.1 Å². The molecule has 2 aromatic rings. The third-order valence-electron chi connectivity index (χ3n) is 4.09. The zero-order chi connectivity index (χ0) is 19.3. The van der Waals surface area contributed by atoms with Crippen molar-refractivity contribution >= 4 is 17.5 Å². The molecule has 0 aromatic heterocycles. The molecule has 0 radical (unpaired) electrons. The maximum Gasteiger partial charge on any atom is 0.313 e. The van der Waals surface area contributed by atoms with E-state index in [1.165, 1.54) is 0 Å². The van der Waals surface area contributed by atoms with Crippen molar-refractivity contribution in [3.8, 4) is 11.5 Å². The Labute approximate surface area is 153 Å². The predicted molar refractivity (Wildman–Crippen MR) is 101 cm³/mol. The number of amides is 2. The molecule has 138 valence electrons. The van der Waals surface area contributed by atoms with Crippen molar-refractivity contribution in [2.45, 2.75) is 26.8 Å². The molecule has 26 heavy (non-hydrogen) atoms. The number of hydrogen-bond donors (Lipinski definition) is 2. The van der Waals surface area contributed by atoms with Gasteiger partial charge in [-0.2, -0.15) is 0 Å². The van der Waals surface area contributed by atoms with E-state index in [0.717, 1.165) is 16.7 Å². The smallest absolute Gasteiger partial charge is 0.313 e. The molecule has 0 saturated heterocycles. The largest absolute Gasteiger partial charge is 0.497 e. The average molecular weight is 356 g/mol. The summed E-state index contributed by atoms with van der Waals surface area (Å²) in [5.41, 5.74) is 3.35. The second kappa shape index (κ2) is 8.38. The third-order valence-corrected chi connectivity index (χ3v) is 4.09. The van der Waals surface area contributed by atoms with Gasteiger partial charge in [-0.1, -0.05) is 17.7 Å². The van der Waals surface area contributed by atoms with Crippen LogP contribution in [0, 0.1) is 13.8 Å². The Hall–Kier alpha value is -3.02. The molecule has 0 saturated carbocycles. The van der Waals surface area contributed by atoms with E-state index in [1.54, 1.807) is 45.4 Å². The molecule has 0 aliphatic heterocycles. The molecule has 0 aliphatic rings. The zero-order valence-corrected chi connectivity index (χ0v) is 15.7. The third kappa shape index (κ3) is 4.53. The number of ether oxygens (including phenoxy) is 2. The molecule has 1 atom stereocenters. The topological polar surface area (TPSA) is 76.7 Å². The summed E-state index contributed by atoms with van der Waals surface area (Å²) in [6, 6.07) is 10.5. The van der Waals surface area contributed by atoms with E-state index in [9.17, 15) is 9.59 Å². The van der Waals surface area contributed by atoms with Crippen molar-refractivity contribution in [2.75, 3.05) is 19.5 Å². The summed E-state index contributed by atoms with van der Waals surface area (Å²) in [6.07, 6.45) is 0. The van der Waals surface area contributed by atoms with E-state index in [2.05, 4.69) is 10.6 Å². The molecule has 6 heteroatoms. The lowest BCUT2D eigenvalue weighted by Crippen LogP contribution is -2.37. The fraction of sp³-hybridized carbons (Fsp3) is 0.300. The van der Waals surface area contributed by atoms with Gasteiger partial charge in [0, 0.05) is 17.3 Å². The molecule has 6 nitrogen and oxygen atoms in total. The molecular formula is C20H24N2O4. The van der Waals surface area contributed by atoms with Crippen molar-refractivity contribution < 1.29 is 19.1 Å². The minimum absolute atomic E-state index is 0.409. The standard InChI is InChI=1S/C20H24N2O4/c1-12-6-9-17(13(2)10-12)22-20(24)19(23)21-14(3)16-8-7-15(25-4)11-18(16)26-5/h6-11,14H,1-5H3,(H,21,23)(H,22,24)/t14-/m1/s1. The number of anilines is 1. The van der Waals surface area contributed by atoms with Crippen LogP contribution in [0.1, 0.15) is 29.7 Å². The summed E-state index contributed by atoms with van der Waals surface area (Å²) in [4.78, 5) is 24.4. The van der Waals surface area contributed by atoms with Crippen molar-refractivity contribution in [3.63, 3.8) is 0 Å². The van der Waals surface area contributed by atoms with Crippen molar-refractivity contribution in [1.29, 1.82) is 0 Å². The first kappa shape index (κ1) is 19.3. The van der Waals surface area contributed by atoms with Gasteiger partial charge in [0.15, 0.2) is 0 Å². The number of hydrogen-bond acceptors (Lipinski definition) is 4. The van der Waals surface area contributed by atoms with Gasteiger partial charge < -0.3 is 20.1 Å². The Kier molecular flexibility index (Phi) is 6.22. The molecule has 0 bridgehead atoms. The highest BCUT2D eigenvalue weighted by atomic mass is 16.5. The van der Waals surface area contributed by atoms with Gasteiger partial charge in [0.1, 0.15) is 11.5 Å². The maximum atomic E-state index is 12.2. The Morgan fingerprint density at radius 2 is 1.69 bits per heavy atom. The fourth-order valence-electron chi connectivity index (χ4n) is 2.65. The van der Waals surface area contributed by atoms with Crippen LogP contribution in [0.5, 0.6) is 11.5 Å². The van der Waals surface area contributed by atoms with Crippen LogP contribution in [0.3, 0.4) is 0 Å². The quantitative estimate of drug-likeness (QED) is 0.807. The fourth-order valence-corrected chi connectivity index (χ4v) is 2.65. The lowest BCUT2D eigenvalue weighted by molar-refractivity contribution is -0.136. The van der Waals surface area contributed by atoms with E-state index < -0.39 is 17.9 Å². The summed E-state index contributed by atoms with van der Waals surface area (Å²) in [5, 5.41) is 5.33. The van der Waals surface area contributed by atoms with Crippen LogP contribution in [0.15, 0.2) is 36.4 Å². The van der Waals surface area contributed by atoms with E-state index in [4.69, 9.17) is 9.47 Å². The normalized spacial score (nSPS) is 11.4.